The molecule has 138 valence electrons. The zero-order valence-electron chi connectivity index (χ0n) is 15.4. The van der Waals surface area contributed by atoms with Crippen molar-refractivity contribution >= 4 is 39.3 Å². The third-order valence-corrected chi connectivity index (χ3v) is 4.61. The monoisotopic (exact) mass is 380 g/mol. The number of nitrogens with one attached hydrogen (secondary N) is 1. The Balaban J connectivity index is 1.74. The van der Waals surface area contributed by atoms with Gasteiger partial charge >= 0.3 is 0 Å². The van der Waals surface area contributed by atoms with Gasteiger partial charge in [0.15, 0.2) is 11.6 Å². The van der Waals surface area contributed by atoms with Crippen LogP contribution in [0.3, 0.4) is 0 Å². The summed E-state index contributed by atoms with van der Waals surface area (Å²) in [6.07, 6.45) is 1.02. The quantitative estimate of drug-likeness (QED) is 0.474. The molecule has 0 aliphatic heterocycles. The summed E-state index contributed by atoms with van der Waals surface area (Å²) in [4.78, 5) is 11.6. The summed E-state index contributed by atoms with van der Waals surface area (Å²) in [7, 11) is 4.14. The fraction of sp³-hybridized carbons (Fsp3) is 0.238. The maximum Gasteiger partial charge on any atom is 0.198 e. The molecule has 1 N–H and O–H groups in total. The molecule has 0 aliphatic rings. The molecule has 0 saturated carbocycles. The molecule has 0 radical (unpaired) electrons. The van der Waals surface area contributed by atoms with Crippen molar-refractivity contribution in [3.05, 3.63) is 53.6 Å². The van der Waals surface area contributed by atoms with E-state index in [1.807, 2.05) is 48.5 Å². The first-order valence-electron chi connectivity index (χ1n) is 8.95. The highest BCUT2D eigenvalue weighted by atomic mass is 35.5. The topological polar surface area (TPSA) is 54.2 Å². The Labute approximate surface area is 163 Å². The molecular weight excluding hydrogens is 360 g/mol. The van der Waals surface area contributed by atoms with Crippen molar-refractivity contribution < 1.29 is 4.42 Å². The number of nitrogens with zero attached hydrogens (tertiary/aromatic N) is 3. The minimum Gasteiger partial charge on any atom is -0.453 e. The molecule has 2 heterocycles. The lowest BCUT2D eigenvalue weighted by Gasteiger charge is -2.12. The van der Waals surface area contributed by atoms with Crippen LogP contribution in [0, 0.1) is 0 Å². The molecule has 2 aromatic heterocycles. The van der Waals surface area contributed by atoms with Gasteiger partial charge in [-0.15, -0.1) is 0 Å². The van der Waals surface area contributed by atoms with Crippen LogP contribution in [0.15, 0.2) is 52.9 Å². The van der Waals surface area contributed by atoms with Gasteiger partial charge in [-0.1, -0.05) is 29.8 Å². The number of fused-ring (bicyclic) bond motifs is 2. The third-order valence-electron chi connectivity index (χ3n) is 4.38. The maximum absolute atomic E-state index is 6.19. The summed E-state index contributed by atoms with van der Waals surface area (Å²) in [5.74, 6) is 2.00. The van der Waals surface area contributed by atoms with Crippen molar-refractivity contribution in [2.75, 3.05) is 32.5 Å². The molecular formula is C21H21ClN4O. The summed E-state index contributed by atoms with van der Waals surface area (Å²) in [5.41, 5.74) is 1.62. The number of furan rings is 1. The van der Waals surface area contributed by atoms with Gasteiger partial charge in [0.2, 0.25) is 0 Å². The van der Waals surface area contributed by atoms with Crippen LogP contribution in [0.5, 0.6) is 0 Å². The number of hydrogen-bond acceptors (Lipinski definition) is 5. The molecule has 0 unspecified atom stereocenters. The van der Waals surface area contributed by atoms with Gasteiger partial charge in [-0.25, -0.2) is 9.97 Å². The van der Waals surface area contributed by atoms with Gasteiger partial charge in [0.05, 0.1) is 5.52 Å². The molecule has 2 aromatic carbocycles. The highest BCUT2D eigenvalue weighted by Gasteiger charge is 2.13. The first-order valence-corrected chi connectivity index (χ1v) is 9.33. The van der Waals surface area contributed by atoms with Crippen molar-refractivity contribution in [3.8, 4) is 11.6 Å². The van der Waals surface area contributed by atoms with Crippen LogP contribution in [0.25, 0.3) is 33.5 Å². The second-order valence-corrected chi connectivity index (χ2v) is 7.23. The lowest BCUT2D eigenvalue weighted by molar-refractivity contribution is 0.405. The Morgan fingerprint density at radius 1 is 1.07 bits per heavy atom. The summed E-state index contributed by atoms with van der Waals surface area (Å²) in [6, 6.07) is 15.5. The normalized spacial score (nSPS) is 11.6. The highest BCUT2D eigenvalue weighted by Crippen LogP contribution is 2.30. The fourth-order valence-corrected chi connectivity index (χ4v) is 3.21. The lowest BCUT2D eigenvalue weighted by atomic mass is 10.2. The van der Waals surface area contributed by atoms with Crippen LogP contribution in [0.1, 0.15) is 6.42 Å². The summed E-state index contributed by atoms with van der Waals surface area (Å²) < 4.78 is 5.95. The van der Waals surface area contributed by atoms with Crippen LogP contribution >= 0.6 is 11.6 Å². The summed E-state index contributed by atoms with van der Waals surface area (Å²) in [6.45, 7) is 1.84. The van der Waals surface area contributed by atoms with Gasteiger partial charge in [0.1, 0.15) is 11.4 Å². The second-order valence-electron chi connectivity index (χ2n) is 6.79. The number of benzene rings is 2. The fourth-order valence-electron chi connectivity index (χ4n) is 3.04. The molecule has 0 atom stereocenters. The minimum atomic E-state index is 0.552. The van der Waals surface area contributed by atoms with Crippen molar-refractivity contribution in [1.82, 2.24) is 14.9 Å². The van der Waals surface area contributed by atoms with E-state index >= 15 is 0 Å². The van der Waals surface area contributed by atoms with E-state index in [1.165, 1.54) is 0 Å². The smallest absolute Gasteiger partial charge is 0.198 e. The van der Waals surface area contributed by atoms with Gasteiger partial charge in [0, 0.05) is 22.3 Å². The van der Waals surface area contributed by atoms with Gasteiger partial charge in [-0.2, -0.15) is 0 Å². The van der Waals surface area contributed by atoms with E-state index in [-0.39, 0.29) is 0 Å². The number of aromatic nitrogens is 2. The Morgan fingerprint density at radius 2 is 1.93 bits per heavy atom. The predicted molar refractivity (Wildman–Crippen MR) is 111 cm³/mol. The van der Waals surface area contributed by atoms with Gasteiger partial charge in [-0.3, -0.25) is 0 Å². The Kier molecular flexibility index (Phi) is 4.97. The number of para-hydroxylation sites is 1. The molecule has 5 nitrogen and oxygen atoms in total. The Morgan fingerprint density at radius 3 is 2.74 bits per heavy atom. The standard InChI is InChI=1S/C21H21ClN4O/c1-26(2)11-5-10-23-20-16-9-8-15(22)13-17(16)24-21(25-20)19-12-14-6-3-4-7-18(14)27-19/h3-4,6-9,12-13H,5,10-11H2,1-2H3,(H,23,24,25). The number of anilines is 1. The summed E-state index contributed by atoms with van der Waals surface area (Å²) >= 11 is 6.19. The van der Waals surface area contributed by atoms with E-state index in [0.717, 1.165) is 47.2 Å². The molecule has 6 heteroatoms. The van der Waals surface area contributed by atoms with Crippen molar-refractivity contribution in [2.24, 2.45) is 0 Å². The molecule has 4 rings (SSSR count). The number of halogens is 1. The van der Waals surface area contributed by atoms with Crippen LogP contribution in [0.2, 0.25) is 5.02 Å². The molecule has 0 aliphatic carbocycles. The first kappa shape index (κ1) is 17.8. The molecule has 4 aromatic rings. The molecule has 0 spiro atoms. The van der Waals surface area contributed by atoms with E-state index in [0.29, 0.717) is 16.6 Å². The van der Waals surface area contributed by atoms with E-state index in [9.17, 15) is 0 Å². The SMILES string of the molecule is CN(C)CCCNc1nc(-c2cc3ccccc3o2)nc2cc(Cl)ccc12. The van der Waals surface area contributed by atoms with Crippen LogP contribution in [0.4, 0.5) is 5.82 Å². The second kappa shape index (κ2) is 7.55. The van der Waals surface area contributed by atoms with Crippen molar-refractivity contribution in [3.63, 3.8) is 0 Å². The van der Waals surface area contributed by atoms with Crippen LogP contribution in [-0.2, 0) is 0 Å². The summed E-state index contributed by atoms with van der Waals surface area (Å²) in [5, 5.41) is 6.07. The number of rotatable bonds is 6. The van der Waals surface area contributed by atoms with Crippen molar-refractivity contribution in [2.45, 2.75) is 6.42 Å². The number of hydrogen-bond donors (Lipinski definition) is 1. The molecule has 0 bridgehead atoms. The van der Waals surface area contributed by atoms with Gasteiger partial charge in [0.25, 0.3) is 0 Å². The molecule has 0 saturated heterocycles. The van der Waals surface area contributed by atoms with Gasteiger partial charge < -0.3 is 14.6 Å². The molecule has 0 fully saturated rings. The molecule has 27 heavy (non-hydrogen) atoms. The minimum absolute atomic E-state index is 0.552. The predicted octanol–water partition coefficient (Wildman–Crippen LogP) is 5.06. The van der Waals surface area contributed by atoms with E-state index in [4.69, 9.17) is 21.0 Å². The zero-order valence-corrected chi connectivity index (χ0v) is 16.1. The largest absolute Gasteiger partial charge is 0.453 e. The van der Waals surface area contributed by atoms with E-state index < -0.39 is 0 Å². The Hall–Kier alpha value is -2.63. The first-order chi connectivity index (χ1) is 13.1. The molecule has 0 amide bonds. The Bertz CT molecular complexity index is 1060. The lowest BCUT2D eigenvalue weighted by Crippen LogP contribution is -2.16. The third kappa shape index (κ3) is 3.89. The van der Waals surface area contributed by atoms with Crippen molar-refractivity contribution in [1.29, 1.82) is 0 Å². The maximum atomic E-state index is 6.19. The van der Waals surface area contributed by atoms with Crippen LogP contribution in [-0.4, -0.2) is 42.1 Å². The highest BCUT2D eigenvalue weighted by molar-refractivity contribution is 6.31. The van der Waals surface area contributed by atoms with Gasteiger partial charge in [-0.05, 0) is 57.4 Å². The van der Waals surface area contributed by atoms with E-state index in [2.05, 4.69) is 29.3 Å². The van der Waals surface area contributed by atoms with Crippen LogP contribution < -0.4 is 5.32 Å². The zero-order chi connectivity index (χ0) is 18.8. The average molecular weight is 381 g/mol. The average Bonchev–Trinajstić information content (AvgIpc) is 3.08. The van der Waals surface area contributed by atoms with E-state index in [1.54, 1.807) is 0 Å².